The fourth-order valence-electron chi connectivity index (χ4n) is 1.08. The summed E-state index contributed by atoms with van der Waals surface area (Å²) in [7, 11) is 3.35. The van der Waals surface area contributed by atoms with Crippen LogP contribution >= 0.6 is 0 Å². The Morgan fingerprint density at radius 3 is 2.33 bits per heavy atom. The lowest BCUT2D eigenvalue weighted by Crippen LogP contribution is -1.91. The topological polar surface area (TPSA) is 18.5 Å². The SMILES string of the molecule is COC1=CC=C(C)C=C(OC)C1. The van der Waals surface area contributed by atoms with E-state index < -0.39 is 0 Å². The molecule has 12 heavy (non-hydrogen) atoms. The fourth-order valence-corrected chi connectivity index (χ4v) is 1.08. The molecule has 0 radical (unpaired) electrons. The molecule has 0 aromatic rings. The van der Waals surface area contributed by atoms with E-state index in [4.69, 9.17) is 9.47 Å². The van der Waals surface area contributed by atoms with Crippen LogP contribution in [0.3, 0.4) is 0 Å². The van der Waals surface area contributed by atoms with Crippen molar-refractivity contribution in [1.29, 1.82) is 0 Å². The average molecular weight is 166 g/mol. The van der Waals surface area contributed by atoms with Gasteiger partial charge in [-0.1, -0.05) is 6.08 Å². The van der Waals surface area contributed by atoms with Gasteiger partial charge in [-0.15, -0.1) is 0 Å². The van der Waals surface area contributed by atoms with Crippen molar-refractivity contribution in [1.82, 2.24) is 0 Å². The van der Waals surface area contributed by atoms with E-state index in [1.807, 2.05) is 25.2 Å². The van der Waals surface area contributed by atoms with Crippen LogP contribution < -0.4 is 0 Å². The Morgan fingerprint density at radius 2 is 1.75 bits per heavy atom. The van der Waals surface area contributed by atoms with Gasteiger partial charge < -0.3 is 9.47 Å². The summed E-state index contributed by atoms with van der Waals surface area (Å²) in [5.74, 6) is 1.87. The molecule has 1 aliphatic carbocycles. The summed E-state index contributed by atoms with van der Waals surface area (Å²) in [5.41, 5.74) is 1.18. The largest absolute Gasteiger partial charge is 0.501 e. The van der Waals surface area contributed by atoms with Gasteiger partial charge in [0.25, 0.3) is 0 Å². The molecular formula is C10H14O2. The normalized spacial score (nSPS) is 17.1. The molecule has 0 fully saturated rings. The number of allylic oxidation sites excluding steroid dienone is 4. The van der Waals surface area contributed by atoms with E-state index in [9.17, 15) is 0 Å². The van der Waals surface area contributed by atoms with E-state index in [0.29, 0.717) is 0 Å². The molecule has 0 heterocycles. The first-order valence-corrected chi connectivity index (χ1v) is 3.92. The van der Waals surface area contributed by atoms with Crippen LogP contribution in [0.2, 0.25) is 0 Å². The molecule has 0 amide bonds. The Balaban J connectivity index is 2.84. The van der Waals surface area contributed by atoms with E-state index in [1.165, 1.54) is 5.57 Å². The zero-order chi connectivity index (χ0) is 8.97. The van der Waals surface area contributed by atoms with Gasteiger partial charge in [-0.3, -0.25) is 0 Å². The van der Waals surface area contributed by atoms with E-state index in [-0.39, 0.29) is 0 Å². The van der Waals surface area contributed by atoms with Crippen LogP contribution in [0, 0.1) is 0 Å². The van der Waals surface area contributed by atoms with E-state index in [1.54, 1.807) is 14.2 Å². The summed E-state index contributed by atoms with van der Waals surface area (Å²) < 4.78 is 10.3. The molecule has 0 spiro atoms. The Morgan fingerprint density at radius 1 is 1.08 bits per heavy atom. The summed E-state index contributed by atoms with van der Waals surface area (Å²) in [6.07, 6.45) is 6.74. The molecule has 1 aliphatic rings. The van der Waals surface area contributed by atoms with Gasteiger partial charge in [0, 0.05) is 0 Å². The van der Waals surface area contributed by atoms with Gasteiger partial charge in [0.1, 0.15) is 11.5 Å². The highest BCUT2D eigenvalue weighted by Crippen LogP contribution is 2.18. The molecule has 0 unspecified atom stereocenters. The third-order valence-corrected chi connectivity index (χ3v) is 1.79. The van der Waals surface area contributed by atoms with Crippen LogP contribution in [0.15, 0.2) is 35.3 Å². The maximum atomic E-state index is 5.17. The van der Waals surface area contributed by atoms with Crippen molar-refractivity contribution >= 4 is 0 Å². The number of ether oxygens (including phenoxy) is 2. The molecular weight excluding hydrogens is 152 g/mol. The van der Waals surface area contributed by atoms with E-state index in [2.05, 4.69) is 0 Å². The average Bonchev–Trinajstić information content (AvgIpc) is 2.26. The van der Waals surface area contributed by atoms with Crippen molar-refractivity contribution in [2.24, 2.45) is 0 Å². The Labute approximate surface area is 73.2 Å². The highest BCUT2D eigenvalue weighted by Gasteiger charge is 2.05. The van der Waals surface area contributed by atoms with Gasteiger partial charge in [-0.05, 0) is 24.6 Å². The molecule has 2 heteroatoms. The Bertz CT molecular complexity index is 247. The van der Waals surface area contributed by atoms with Crippen LogP contribution in [0.1, 0.15) is 13.3 Å². The number of rotatable bonds is 2. The monoisotopic (exact) mass is 166 g/mol. The maximum Gasteiger partial charge on any atom is 0.103 e. The highest BCUT2D eigenvalue weighted by molar-refractivity contribution is 5.30. The summed E-state index contributed by atoms with van der Waals surface area (Å²) in [5, 5.41) is 0. The molecule has 0 saturated heterocycles. The van der Waals surface area contributed by atoms with Gasteiger partial charge in [0.05, 0.1) is 20.6 Å². The molecule has 0 aromatic heterocycles. The van der Waals surface area contributed by atoms with Crippen LogP contribution in [0.5, 0.6) is 0 Å². The van der Waals surface area contributed by atoms with Gasteiger partial charge in [0.2, 0.25) is 0 Å². The summed E-state index contributed by atoms with van der Waals surface area (Å²) in [6, 6.07) is 0. The lowest BCUT2D eigenvalue weighted by atomic mass is 10.2. The summed E-state index contributed by atoms with van der Waals surface area (Å²) in [6.45, 7) is 2.04. The zero-order valence-corrected chi connectivity index (χ0v) is 7.76. The molecule has 1 rings (SSSR count). The molecule has 66 valence electrons. The molecule has 0 aliphatic heterocycles. The number of hydrogen-bond donors (Lipinski definition) is 0. The smallest absolute Gasteiger partial charge is 0.103 e. The standard InChI is InChI=1S/C10H14O2/c1-8-4-5-9(11-2)7-10(6-8)12-3/h4-6H,7H2,1-3H3. The van der Waals surface area contributed by atoms with Crippen molar-refractivity contribution in [3.05, 3.63) is 35.3 Å². The fraction of sp³-hybridized carbons (Fsp3) is 0.400. The highest BCUT2D eigenvalue weighted by atomic mass is 16.5. The van der Waals surface area contributed by atoms with E-state index >= 15 is 0 Å². The lowest BCUT2D eigenvalue weighted by molar-refractivity contribution is 0.239. The first-order valence-electron chi connectivity index (χ1n) is 3.92. The molecule has 0 saturated carbocycles. The number of hydrogen-bond acceptors (Lipinski definition) is 2. The van der Waals surface area contributed by atoms with Crippen LogP contribution in [0.4, 0.5) is 0 Å². The van der Waals surface area contributed by atoms with Crippen LogP contribution in [-0.4, -0.2) is 14.2 Å². The lowest BCUT2D eigenvalue weighted by Gasteiger charge is -2.06. The molecule has 0 aromatic carbocycles. The molecule has 0 atom stereocenters. The van der Waals surface area contributed by atoms with Gasteiger partial charge in [-0.25, -0.2) is 0 Å². The second kappa shape index (κ2) is 4.00. The maximum absolute atomic E-state index is 5.17. The summed E-state index contributed by atoms with van der Waals surface area (Å²) in [4.78, 5) is 0. The van der Waals surface area contributed by atoms with Crippen molar-refractivity contribution in [2.45, 2.75) is 13.3 Å². The minimum Gasteiger partial charge on any atom is -0.501 e. The Kier molecular flexibility index (Phi) is 2.97. The zero-order valence-electron chi connectivity index (χ0n) is 7.76. The third kappa shape index (κ3) is 2.16. The van der Waals surface area contributed by atoms with Crippen LogP contribution in [-0.2, 0) is 9.47 Å². The first kappa shape index (κ1) is 8.91. The van der Waals surface area contributed by atoms with Crippen molar-refractivity contribution in [3.63, 3.8) is 0 Å². The van der Waals surface area contributed by atoms with Gasteiger partial charge in [-0.2, -0.15) is 0 Å². The second-order valence-electron chi connectivity index (χ2n) is 2.74. The minimum absolute atomic E-state index is 0.737. The van der Waals surface area contributed by atoms with Crippen molar-refractivity contribution < 1.29 is 9.47 Å². The number of methoxy groups -OCH3 is 2. The molecule has 0 N–H and O–H groups in total. The van der Waals surface area contributed by atoms with Gasteiger partial charge in [0.15, 0.2) is 0 Å². The molecule has 0 bridgehead atoms. The predicted octanol–water partition coefficient (Wildman–Crippen LogP) is 2.40. The minimum atomic E-state index is 0.737. The van der Waals surface area contributed by atoms with E-state index in [0.717, 1.165) is 17.9 Å². The van der Waals surface area contributed by atoms with Crippen molar-refractivity contribution in [2.75, 3.05) is 14.2 Å². The second-order valence-corrected chi connectivity index (χ2v) is 2.74. The van der Waals surface area contributed by atoms with Crippen molar-refractivity contribution in [3.8, 4) is 0 Å². The van der Waals surface area contributed by atoms with Crippen LogP contribution in [0.25, 0.3) is 0 Å². The quantitative estimate of drug-likeness (QED) is 0.627. The Hall–Kier alpha value is -1.18. The summed E-state index contributed by atoms with van der Waals surface area (Å²) >= 11 is 0. The predicted molar refractivity (Wildman–Crippen MR) is 48.6 cm³/mol. The van der Waals surface area contributed by atoms with Gasteiger partial charge >= 0.3 is 0 Å². The first-order chi connectivity index (χ1) is 5.76. The molecule has 2 nitrogen and oxygen atoms in total. The third-order valence-electron chi connectivity index (χ3n) is 1.79.